The predicted octanol–water partition coefficient (Wildman–Crippen LogP) is 2.66. The van der Waals surface area contributed by atoms with E-state index in [9.17, 15) is 18.0 Å². The molecule has 1 heterocycles. The molecule has 1 aliphatic rings. The lowest BCUT2D eigenvalue weighted by molar-refractivity contribution is -0.137. The van der Waals surface area contributed by atoms with Gasteiger partial charge in [0.2, 0.25) is 0 Å². The molecule has 1 aromatic carbocycles. The average Bonchev–Trinajstić information content (AvgIpc) is 2.38. The Labute approximate surface area is 107 Å². The van der Waals surface area contributed by atoms with Gasteiger partial charge in [-0.2, -0.15) is 13.2 Å². The predicted molar refractivity (Wildman–Crippen MR) is 63.1 cm³/mol. The molecule has 0 saturated heterocycles. The molecule has 0 atom stereocenters. The van der Waals surface area contributed by atoms with Crippen molar-refractivity contribution in [3.63, 3.8) is 0 Å². The molecule has 0 aliphatic carbocycles. The fourth-order valence-corrected chi connectivity index (χ4v) is 1.70. The van der Waals surface area contributed by atoms with Gasteiger partial charge in [0.1, 0.15) is 0 Å². The first-order valence-electron chi connectivity index (χ1n) is 5.43. The van der Waals surface area contributed by atoms with Gasteiger partial charge >= 0.3 is 12.1 Å². The minimum absolute atomic E-state index is 0.0808. The van der Waals surface area contributed by atoms with Crippen LogP contribution in [0.4, 0.5) is 13.2 Å². The molecule has 0 aromatic heterocycles. The number of alkyl halides is 3. The maximum absolute atomic E-state index is 12.6. The fourth-order valence-electron chi connectivity index (χ4n) is 1.70. The Morgan fingerprint density at radius 2 is 2.00 bits per heavy atom. The molecule has 2 N–H and O–H groups in total. The summed E-state index contributed by atoms with van der Waals surface area (Å²) < 4.78 is 37.7. The van der Waals surface area contributed by atoms with Gasteiger partial charge in [0, 0.05) is 12.2 Å². The highest BCUT2D eigenvalue weighted by atomic mass is 19.4. The van der Waals surface area contributed by atoms with Gasteiger partial charge in [0.05, 0.1) is 11.1 Å². The fraction of sp³-hybridized carbons (Fsp3) is 0.154. The molecule has 0 amide bonds. The number of nitrogens with one attached hydrogen (secondary N) is 1. The molecular weight excluding hydrogens is 259 g/mol. The van der Waals surface area contributed by atoms with E-state index in [1.165, 1.54) is 24.3 Å². The zero-order valence-electron chi connectivity index (χ0n) is 9.66. The summed E-state index contributed by atoms with van der Waals surface area (Å²) in [5, 5.41) is 11.5. The molecule has 0 spiro atoms. The van der Waals surface area contributed by atoms with E-state index in [4.69, 9.17) is 5.11 Å². The van der Waals surface area contributed by atoms with E-state index >= 15 is 0 Å². The van der Waals surface area contributed by atoms with Crippen LogP contribution in [0, 0.1) is 0 Å². The highest BCUT2D eigenvalue weighted by Gasteiger charge is 2.30. The monoisotopic (exact) mass is 269 g/mol. The standard InChI is InChI=1S/C13H10F3NO2/c14-13(15,16)10-3-1-2-8(6-10)11-5-4-9(7-17-11)12(18)19/h1-6,17H,7H2,(H,18,19). The Balaban J connectivity index is 2.32. The Morgan fingerprint density at radius 3 is 2.53 bits per heavy atom. The second-order valence-electron chi connectivity index (χ2n) is 4.01. The van der Waals surface area contributed by atoms with Crippen molar-refractivity contribution in [1.29, 1.82) is 0 Å². The normalized spacial score (nSPS) is 15.3. The molecular formula is C13H10F3NO2. The average molecular weight is 269 g/mol. The maximum atomic E-state index is 12.6. The quantitative estimate of drug-likeness (QED) is 0.867. The van der Waals surface area contributed by atoms with Crippen LogP contribution < -0.4 is 5.32 Å². The van der Waals surface area contributed by atoms with Crippen molar-refractivity contribution < 1.29 is 23.1 Å². The van der Waals surface area contributed by atoms with Crippen molar-refractivity contribution in [3.8, 4) is 0 Å². The highest BCUT2D eigenvalue weighted by Crippen LogP contribution is 2.30. The van der Waals surface area contributed by atoms with Gasteiger partial charge in [-0.1, -0.05) is 12.1 Å². The zero-order chi connectivity index (χ0) is 14.0. The van der Waals surface area contributed by atoms with Crippen molar-refractivity contribution in [2.75, 3.05) is 6.54 Å². The van der Waals surface area contributed by atoms with Crippen LogP contribution in [0.2, 0.25) is 0 Å². The molecule has 19 heavy (non-hydrogen) atoms. The van der Waals surface area contributed by atoms with E-state index in [0.29, 0.717) is 11.3 Å². The van der Waals surface area contributed by atoms with Crippen LogP contribution in [0.3, 0.4) is 0 Å². The molecule has 1 aromatic rings. The number of allylic oxidation sites excluding steroid dienone is 2. The highest BCUT2D eigenvalue weighted by molar-refractivity contribution is 5.89. The first-order valence-corrected chi connectivity index (χ1v) is 5.43. The summed E-state index contributed by atoms with van der Waals surface area (Å²) in [5.41, 5.74) is 0.267. The molecule has 100 valence electrons. The van der Waals surface area contributed by atoms with Gasteiger partial charge < -0.3 is 10.4 Å². The Bertz CT molecular complexity index is 573. The third kappa shape index (κ3) is 2.96. The Kier molecular flexibility index (Phi) is 3.33. The molecule has 3 nitrogen and oxygen atoms in total. The minimum atomic E-state index is -4.40. The molecule has 2 rings (SSSR count). The van der Waals surface area contributed by atoms with Crippen LogP contribution in [-0.4, -0.2) is 17.6 Å². The van der Waals surface area contributed by atoms with E-state index in [-0.39, 0.29) is 12.1 Å². The number of carbonyl (C=O) groups is 1. The summed E-state index contributed by atoms with van der Waals surface area (Å²) in [6, 6.07) is 4.87. The number of dihydropyridines is 1. The molecule has 0 unspecified atom stereocenters. The lowest BCUT2D eigenvalue weighted by atomic mass is 10.0. The van der Waals surface area contributed by atoms with Crippen LogP contribution >= 0.6 is 0 Å². The van der Waals surface area contributed by atoms with Gasteiger partial charge in [-0.25, -0.2) is 4.79 Å². The van der Waals surface area contributed by atoms with E-state index in [2.05, 4.69) is 5.32 Å². The van der Waals surface area contributed by atoms with Crippen LogP contribution in [0.25, 0.3) is 5.70 Å². The van der Waals surface area contributed by atoms with E-state index in [1.54, 1.807) is 0 Å². The second kappa shape index (κ2) is 4.79. The van der Waals surface area contributed by atoms with Gasteiger partial charge in [-0.05, 0) is 29.8 Å². The number of halogens is 3. The number of aliphatic carboxylic acids is 1. The lowest BCUT2D eigenvalue weighted by Crippen LogP contribution is -2.22. The SMILES string of the molecule is O=C(O)C1=CC=C(c2cccc(C(F)(F)F)c2)NC1. The smallest absolute Gasteiger partial charge is 0.416 e. The van der Waals surface area contributed by atoms with Crippen molar-refractivity contribution in [3.05, 3.63) is 53.1 Å². The maximum Gasteiger partial charge on any atom is 0.416 e. The minimum Gasteiger partial charge on any atom is -0.478 e. The molecule has 6 heteroatoms. The van der Waals surface area contributed by atoms with E-state index in [1.807, 2.05) is 0 Å². The van der Waals surface area contributed by atoms with Crippen LogP contribution in [0.5, 0.6) is 0 Å². The van der Waals surface area contributed by atoms with Crippen molar-refractivity contribution in [2.45, 2.75) is 6.18 Å². The van der Waals surface area contributed by atoms with Gasteiger partial charge in [-0.15, -0.1) is 0 Å². The largest absolute Gasteiger partial charge is 0.478 e. The number of rotatable bonds is 2. The summed E-state index contributed by atoms with van der Waals surface area (Å²) >= 11 is 0. The molecule has 0 radical (unpaired) electrons. The van der Waals surface area contributed by atoms with E-state index < -0.39 is 17.7 Å². The van der Waals surface area contributed by atoms with Gasteiger partial charge in [0.25, 0.3) is 0 Å². The van der Waals surface area contributed by atoms with Crippen molar-refractivity contribution in [1.82, 2.24) is 5.32 Å². The molecule has 0 bridgehead atoms. The summed E-state index contributed by atoms with van der Waals surface area (Å²) in [4.78, 5) is 10.7. The van der Waals surface area contributed by atoms with Crippen LogP contribution in [0.15, 0.2) is 42.0 Å². The molecule has 0 fully saturated rings. The Morgan fingerprint density at radius 1 is 1.26 bits per heavy atom. The summed E-state index contributed by atoms with van der Waals surface area (Å²) in [6.45, 7) is 0.0808. The van der Waals surface area contributed by atoms with Crippen molar-refractivity contribution in [2.24, 2.45) is 0 Å². The van der Waals surface area contributed by atoms with Gasteiger partial charge in [0.15, 0.2) is 0 Å². The summed E-state index contributed by atoms with van der Waals surface area (Å²) in [6.07, 6.45) is -1.55. The third-order valence-electron chi connectivity index (χ3n) is 2.70. The molecule has 1 aliphatic heterocycles. The zero-order valence-corrected chi connectivity index (χ0v) is 9.66. The first kappa shape index (κ1) is 13.2. The summed E-state index contributed by atoms with van der Waals surface area (Å²) in [7, 11) is 0. The topological polar surface area (TPSA) is 49.3 Å². The van der Waals surface area contributed by atoms with Crippen LogP contribution in [-0.2, 0) is 11.0 Å². The van der Waals surface area contributed by atoms with Crippen LogP contribution in [0.1, 0.15) is 11.1 Å². The van der Waals surface area contributed by atoms with E-state index in [0.717, 1.165) is 12.1 Å². The first-order chi connectivity index (χ1) is 8.88. The summed E-state index contributed by atoms with van der Waals surface area (Å²) in [5.74, 6) is -1.05. The molecule has 0 saturated carbocycles. The number of hydrogen-bond acceptors (Lipinski definition) is 2. The Hall–Kier alpha value is -2.24. The van der Waals surface area contributed by atoms with Crippen molar-refractivity contribution >= 4 is 11.7 Å². The third-order valence-corrected chi connectivity index (χ3v) is 2.70. The number of carboxylic acid groups (broad SMARTS) is 1. The number of carboxylic acids is 1. The lowest BCUT2D eigenvalue weighted by Gasteiger charge is -2.16. The van der Waals surface area contributed by atoms with Gasteiger partial charge in [-0.3, -0.25) is 0 Å². The second-order valence-corrected chi connectivity index (χ2v) is 4.01. The number of hydrogen-bond donors (Lipinski definition) is 2. The number of benzene rings is 1.